The summed E-state index contributed by atoms with van der Waals surface area (Å²) in [7, 11) is 0. The molecule has 4 heteroatoms. The number of anilines is 2. The Kier molecular flexibility index (Phi) is 3.50. The molecule has 1 fully saturated rings. The van der Waals surface area contributed by atoms with Gasteiger partial charge in [0.25, 0.3) is 0 Å². The largest absolute Gasteiger partial charge is 0.383 e. The topological polar surface area (TPSA) is 55.0 Å². The number of nitrogen functional groups attached to an aromatic ring is 1. The first-order valence-corrected chi connectivity index (χ1v) is 6.49. The third kappa shape index (κ3) is 2.35. The van der Waals surface area contributed by atoms with Crippen LogP contribution in [-0.2, 0) is 6.42 Å². The first-order chi connectivity index (χ1) is 8.13. The molecule has 0 radical (unpaired) electrons. The maximum Gasteiger partial charge on any atom is 0.137 e. The molecular formula is C13H22N4. The minimum Gasteiger partial charge on any atom is -0.383 e. The zero-order valence-corrected chi connectivity index (χ0v) is 11.0. The van der Waals surface area contributed by atoms with Gasteiger partial charge in [-0.05, 0) is 25.7 Å². The molecule has 2 N–H and O–H groups in total. The lowest BCUT2D eigenvalue weighted by molar-refractivity contribution is 0.625. The first-order valence-electron chi connectivity index (χ1n) is 6.49. The molecule has 0 amide bonds. The second-order valence-corrected chi connectivity index (χ2v) is 5.15. The van der Waals surface area contributed by atoms with E-state index in [9.17, 15) is 0 Å². The Balaban J connectivity index is 2.34. The molecule has 0 aromatic carbocycles. The summed E-state index contributed by atoms with van der Waals surface area (Å²) in [6, 6.07) is 0.551. The van der Waals surface area contributed by atoms with Gasteiger partial charge < -0.3 is 10.6 Å². The summed E-state index contributed by atoms with van der Waals surface area (Å²) >= 11 is 0. The Morgan fingerprint density at radius 3 is 2.76 bits per heavy atom. The van der Waals surface area contributed by atoms with Gasteiger partial charge in [-0.3, -0.25) is 0 Å². The van der Waals surface area contributed by atoms with Crippen LogP contribution in [-0.4, -0.2) is 22.6 Å². The van der Waals surface area contributed by atoms with Crippen molar-refractivity contribution < 1.29 is 0 Å². The van der Waals surface area contributed by atoms with Crippen LogP contribution in [0.4, 0.5) is 11.6 Å². The molecule has 0 bridgehead atoms. The van der Waals surface area contributed by atoms with Gasteiger partial charge in [0.05, 0.1) is 0 Å². The highest BCUT2D eigenvalue weighted by Gasteiger charge is 2.29. The number of hydrogen-bond acceptors (Lipinski definition) is 4. The van der Waals surface area contributed by atoms with Crippen molar-refractivity contribution in [3.8, 4) is 0 Å². The smallest absolute Gasteiger partial charge is 0.137 e. The van der Waals surface area contributed by atoms with Crippen LogP contribution in [0.3, 0.4) is 0 Å². The number of nitrogens with zero attached hydrogens (tertiary/aromatic N) is 3. The molecule has 2 atom stereocenters. The Morgan fingerprint density at radius 2 is 2.18 bits per heavy atom. The first kappa shape index (κ1) is 12.1. The van der Waals surface area contributed by atoms with E-state index in [4.69, 9.17) is 5.73 Å². The molecule has 4 nitrogen and oxygen atoms in total. The highest BCUT2D eigenvalue weighted by atomic mass is 15.2. The van der Waals surface area contributed by atoms with Gasteiger partial charge in [0, 0.05) is 18.2 Å². The maximum absolute atomic E-state index is 5.98. The number of nitrogens with two attached hydrogens (primary N) is 1. The van der Waals surface area contributed by atoms with Gasteiger partial charge in [-0.25, -0.2) is 9.97 Å². The Morgan fingerprint density at radius 1 is 1.41 bits per heavy atom. The fourth-order valence-corrected chi connectivity index (χ4v) is 2.75. The SMILES string of the molecule is CCCc1c(N)ncnc1N1CC(C)CC1C. The van der Waals surface area contributed by atoms with Crippen LogP contribution < -0.4 is 10.6 Å². The van der Waals surface area contributed by atoms with E-state index in [0.717, 1.165) is 36.7 Å². The van der Waals surface area contributed by atoms with Crippen LogP contribution >= 0.6 is 0 Å². The van der Waals surface area contributed by atoms with Crippen molar-refractivity contribution in [1.82, 2.24) is 9.97 Å². The zero-order valence-electron chi connectivity index (χ0n) is 11.0. The highest BCUT2D eigenvalue weighted by molar-refractivity contribution is 5.57. The Bertz CT molecular complexity index is 391. The van der Waals surface area contributed by atoms with Crippen LogP contribution in [0.2, 0.25) is 0 Å². The van der Waals surface area contributed by atoms with Gasteiger partial charge in [0.2, 0.25) is 0 Å². The Hall–Kier alpha value is -1.32. The van der Waals surface area contributed by atoms with Crippen LogP contribution in [0.5, 0.6) is 0 Å². The van der Waals surface area contributed by atoms with Gasteiger partial charge in [-0.1, -0.05) is 20.3 Å². The van der Waals surface area contributed by atoms with E-state index in [2.05, 4.69) is 35.6 Å². The second kappa shape index (κ2) is 4.90. The lowest BCUT2D eigenvalue weighted by Gasteiger charge is -2.25. The fourth-order valence-electron chi connectivity index (χ4n) is 2.75. The van der Waals surface area contributed by atoms with E-state index >= 15 is 0 Å². The van der Waals surface area contributed by atoms with E-state index in [1.165, 1.54) is 6.42 Å². The minimum absolute atomic E-state index is 0.551. The molecule has 1 aliphatic heterocycles. The van der Waals surface area contributed by atoms with Gasteiger partial charge in [-0.15, -0.1) is 0 Å². The van der Waals surface area contributed by atoms with Crippen molar-refractivity contribution in [3.05, 3.63) is 11.9 Å². The van der Waals surface area contributed by atoms with Crippen LogP contribution in [0.1, 0.15) is 39.2 Å². The van der Waals surface area contributed by atoms with Gasteiger partial charge in [-0.2, -0.15) is 0 Å². The zero-order chi connectivity index (χ0) is 12.4. The van der Waals surface area contributed by atoms with E-state index in [1.54, 1.807) is 6.33 Å². The minimum atomic E-state index is 0.551. The molecule has 1 aromatic heterocycles. The molecule has 2 rings (SSSR count). The van der Waals surface area contributed by atoms with Gasteiger partial charge in [0.1, 0.15) is 18.0 Å². The van der Waals surface area contributed by atoms with E-state index < -0.39 is 0 Å². The average Bonchev–Trinajstić information content (AvgIpc) is 2.61. The second-order valence-electron chi connectivity index (χ2n) is 5.15. The molecule has 17 heavy (non-hydrogen) atoms. The standard InChI is InChI=1S/C13H22N4/c1-4-5-11-12(14)15-8-16-13(11)17-7-9(2)6-10(17)3/h8-10H,4-7H2,1-3H3,(H2,14,15,16). The van der Waals surface area contributed by atoms with E-state index in [1.807, 2.05) is 0 Å². The molecule has 1 aliphatic rings. The number of hydrogen-bond donors (Lipinski definition) is 1. The molecule has 1 saturated heterocycles. The van der Waals surface area contributed by atoms with Crippen LogP contribution in [0.15, 0.2) is 6.33 Å². The molecule has 0 saturated carbocycles. The lowest BCUT2D eigenvalue weighted by Crippen LogP contribution is -2.29. The quantitative estimate of drug-likeness (QED) is 0.871. The van der Waals surface area contributed by atoms with E-state index in [0.29, 0.717) is 11.9 Å². The monoisotopic (exact) mass is 234 g/mol. The van der Waals surface area contributed by atoms with Crippen molar-refractivity contribution in [2.24, 2.45) is 5.92 Å². The summed E-state index contributed by atoms with van der Waals surface area (Å²) in [4.78, 5) is 11.0. The average molecular weight is 234 g/mol. The third-order valence-corrected chi connectivity index (χ3v) is 3.51. The molecule has 94 valence electrons. The summed E-state index contributed by atoms with van der Waals surface area (Å²) in [6.07, 6.45) is 4.84. The molecule has 2 heterocycles. The normalized spacial score (nSPS) is 24.3. The molecule has 1 aromatic rings. The summed E-state index contributed by atoms with van der Waals surface area (Å²) in [5.41, 5.74) is 7.10. The molecule has 2 unspecified atom stereocenters. The van der Waals surface area contributed by atoms with Gasteiger partial charge >= 0.3 is 0 Å². The number of aromatic nitrogens is 2. The van der Waals surface area contributed by atoms with Crippen molar-refractivity contribution >= 4 is 11.6 Å². The fraction of sp³-hybridized carbons (Fsp3) is 0.692. The predicted molar refractivity (Wildman–Crippen MR) is 71.0 cm³/mol. The summed E-state index contributed by atoms with van der Waals surface area (Å²) in [5.74, 6) is 2.43. The van der Waals surface area contributed by atoms with E-state index in [-0.39, 0.29) is 0 Å². The highest BCUT2D eigenvalue weighted by Crippen LogP contribution is 2.31. The number of rotatable bonds is 3. The maximum atomic E-state index is 5.98. The molecule has 0 spiro atoms. The lowest BCUT2D eigenvalue weighted by atomic mass is 10.1. The Labute approximate surface area is 103 Å². The molecular weight excluding hydrogens is 212 g/mol. The predicted octanol–water partition coefficient (Wildman–Crippen LogP) is 2.25. The van der Waals surface area contributed by atoms with Crippen molar-refractivity contribution in [2.75, 3.05) is 17.2 Å². The van der Waals surface area contributed by atoms with Crippen molar-refractivity contribution in [3.63, 3.8) is 0 Å². The van der Waals surface area contributed by atoms with Crippen LogP contribution in [0, 0.1) is 5.92 Å². The van der Waals surface area contributed by atoms with Crippen molar-refractivity contribution in [1.29, 1.82) is 0 Å². The van der Waals surface area contributed by atoms with Gasteiger partial charge in [0.15, 0.2) is 0 Å². The summed E-state index contributed by atoms with van der Waals surface area (Å²) in [6.45, 7) is 7.79. The summed E-state index contributed by atoms with van der Waals surface area (Å²) in [5, 5.41) is 0. The van der Waals surface area contributed by atoms with Crippen molar-refractivity contribution in [2.45, 2.75) is 46.1 Å². The third-order valence-electron chi connectivity index (χ3n) is 3.51. The summed E-state index contributed by atoms with van der Waals surface area (Å²) < 4.78 is 0. The molecule has 0 aliphatic carbocycles. The van der Waals surface area contributed by atoms with Crippen LogP contribution in [0.25, 0.3) is 0 Å².